The Kier molecular flexibility index (Phi) is 8.21. The van der Waals surface area contributed by atoms with Crippen molar-refractivity contribution in [3.63, 3.8) is 0 Å². The van der Waals surface area contributed by atoms with Crippen LogP contribution < -0.4 is 9.96 Å². The Morgan fingerprint density at radius 1 is 0.833 bits per heavy atom. The van der Waals surface area contributed by atoms with E-state index in [4.69, 9.17) is 0 Å². The molecule has 0 unspecified atom stereocenters. The van der Waals surface area contributed by atoms with Crippen LogP contribution in [0.3, 0.4) is 0 Å². The molecule has 0 heterocycles. The molecule has 0 spiro atoms. The number of nitrogens with one attached hydrogen (secondary N) is 2. The minimum Gasteiger partial charge on any atom is -0.340 e. The molecule has 0 saturated carbocycles. The fourth-order valence-electron chi connectivity index (χ4n) is 1.03. The topological polar surface area (TPSA) is 24.1 Å². The van der Waals surface area contributed by atoms with Gasteiger partial charge in [-0.1, -0.05) is 39.8 Å². The maximum absolute atomic E-state index is 3.57. The van der Waals surface area contributed by atoms with E-state index in [1.165, 1.54) is 12.1 Å². The lowest BCUT2D eigenvalue weighted by atomic mass is 10.4. The molecule has 0 saturated heterocycles. The van der Waals surface area contributed by atoms with Crippen LogP contribution in [-0.2, 0) is 0 Å². The smallest absolute Gasteiger partial charge is 0.0916 e. The van der Waals surface area contributed by atoms with Gasteiger partial charge in [-0.15, -0.1) is 0 Å². The van der Waals surface area contributed by atoms with Crippen LogP contribution >= 0.6 is 0 Å². The van der Waals surface area contributed by atoms with E-state index in [2.05, 4.69) is 37.7 Å². The van der Waals surface area contributed by atoms with E-state index >= 15 is 0 Å². The first kappa shape index (κ1) is 12.4. The minimum atomic E-state index is 0.0637. The molecule has 0 amide bonds. The van der Waals surface area contributed by atoms with Crippen molar-refractivity contribution in [3.8, 4) is 0 Å². The van der Waals surface area contributed by atoms with E-state index in [0.717, 1.165) is 0 Å². The van der Waals surface area contributed by atoms with Crippen LogP contribution in [0.25, 0.3) is 0 Å². The third-order valence-corrected chi connectivity index (χ3v) is 6.63. The zero-order valence-corrected chi connectivity index (χ0v) is 11.8. The zero-order chi connectivity index (χ0) is 9.40. The van der Waals surface area contributed by atoms with E-state index < -0.39 is 0 Å². The Morgan fingerprint density at radius 3 is 1.42 bits per heavy atom. The minimum absolute atomic E-state index is 0.0637. The fraction of sp³-hybridized carbons (Fsp3) is 1.00. The molecule has 0 radical (unpaired) electrons. The molecule has 0 aromatic carbocycles. The van der Waals surface area contributed by atoms with Gasteiger partial charge in [-0.05, 0) is 12.1 Å². The second-order valence-corrected chi connectivity index (χ2v) is 7.16. The van der Waals surface area contributed by atoms with Gasteiger partial charge in [0.15, 0.2) is 0 Å². The van der Waals surface area contributed by atoms with Crippen molar-refractivity contribution in [2.45, 2.75) is 51.9 Å². The van der Waals surface area contributed by atoms with Crippen LogP contribution in [0.2, 0.25) is 12.1 Å². The van der Waals surface area contributed by atoms with Gasteiger partial charge in [0.1, 0.15) is 0 Å². The van der Waals surface area contributed by atoms with Crippen molar-refractivity contribution < 1.29 is 0 Å². The molecule has 0 aliphatic carbocycles. The first-order valence-electron chi connectivity index (χ1n) is 5.09. The largest absolute Gasteiger partial charge is 0.340 e. The molecule has 0 atom stereocenters. The van der Waals surface area contributed by atoms with Gasteiger partial charge in [0.25, 0.3) is 0 Å². The first-order chi connectivity index (χ1) is 5.63. The first-order valence-corrected chi connectivity index (χ1v) is 8.51. The van der Waals surface area contributed by atoms with Crippen molar-refractivity contribution in [3.05, 3.63) is 0 Å². The lowest BCUT2D eigenvalue weighted by Crippen LogP contribution is -2.29. The number of hydrogen-bond acceptors (Lipinski definition) is 2. The van der Waals surface area contributed by atoms with E-state index in [1.54, 1.807) is 0 Å². The molecular formula is C8H24N2Si2. The van der Waals surface area contributed by atoms with Crippen molar-refractivity contribution in [1.82, 2.24) is 9.96 Å². The SMILES string of the molecule is CC(C)N[SiH2]CC[SiH2]NC(C)C. The summed E-state index contributed by atoms with van der Waals surface area (Å²) in [5, 5.41) is 0. The summed E-state index contributed by atoms with van der Waals surface area (Å²) in [5.74, 6) is 0. The fourth-order valence-corrected chi connectivity index (χ4v) is 4.59. The second-order valence-electron chi connectivity index (χ2n) is 3.92. The van der Waals surface area contributed by atoms with Crippen LogP contribution in [0.4, 0.5) is 0 Å². The molecule has 74 valence electrons. The van der Waals surface area contributed by atoms with Crippen molar-refractivity contribution >= 4 is 19.4 Å². The molecule has 0 aliphatic rings. The van der Waals surface area contributed by atoms with Crippen LogP contribution in [0, 0.1) is 0 Å². The predicted molar refractivity (Wildman–Crippen MR) is 63.2 cm³/mol. The third-order valence-electron chi connectivity index (χ3n) is 1.71. The molecule has 0 fully saturated rings. The Labute approximate surface area is 81.7 Å². The molecular weight excluding hydrogens is 180 g/mol. The lowest BCUT2D eigenvalue weighted by Gasteiger charge is -2.08. The van der Waals surface area contributed by atoms with Crippen LogP contribution in [-0.4, -0.2) is 31.4 Å². The Hall–Kier alpha value is 0.354. The van der Waals surface area contributed by atoms with Gasteiger partial charge < -0.3 is 9.96 Å². The molecule has 0 aromatic heterocycles. The number of rotatable bonds is 7. The standard InChI is InChI=1S/C8H24N2Si2/c1-7(2)9-11-5-6-12-10-8(3)4/h7-10H,5-6,11-12H2,1-4H3. The van der Waals surface area contributed by atoms with Gasteiger partial charge in [-0.2, -0.15) is 0 Å². The quantitative estimate of drug-likeness (QED) is 0.450. The summed E-state index contributed by atoms with van der Waals surface area (Å²) in [4.78, 5) is 7.13. The Balaban J connectivity index is 2.91. The van der Waals surface area contributed by atoms with Crippen LogP contribution in [0.5, 0.6) is 0 Å². The summed E-state index contributed by atoms with van der Waals surface area (Å²) in [6.07, 6.45) is 0. The van der Waals surface area contributed by atoms with Gasteiger partial charge in [0, 0.05) is 0 Å². The monoisotopic (exact) mass is 204 g/mol. The van der Waals surface area contributed by atoms with E-state index in [-0.39, 0.29) is 19.4 Å². The summed E-state index contributed by atoms with van der Waals surface area (Å²) in [7, 11) is 0.127. The van der Waals surface area contributed by atoms with E-state index in [0.29, 0.717) is 12.1 Å². The van der Waals surface area contributed by atoms with Gasteiger partial charge in [-0.3, -0.25) is 0 Å². The molecule has 0 aromatic rings. The van der Waals surface area contributed by atoms with Gasteiger partial charge in [0.05, 0.1) is 19.4 Å². The molecule has 0 rings (SSSR count). The highest BCUT2D eigenvalue weighted by molar-refractivity contribution is 6.39. The summed E-state index contributed by atoms with van der Waals surface area (Å²) in [6, 6.07) is 4.36. The lowest BCUT2D eigenvalue weighted by molar-refractivity contribution is 0.745. The average molecular weight is 204 g/mol. The van der Waals surface area contributed by atoms with Gasteiger partial charge >= 0.3 is 0 Å². The normalized spacial score (nSPS) is 13.5. The molecule has 2 N–H and O–H groups in total. The molecule has 4 heteroatoms. The van der Waals surface area contributed by atoms with Crippen molar-refractivity contribution in [2.24, 2.45) is 0 Å². The average Bonchev–Trinajstić information content (AvgIpc) is 1.95. The molecule has 0 bridgehead atoms. The summed E-state index contributed by atoms with van der Waals surface area (Å²) in [5.41, 5.74) is 0. The highest BCUT2D eigenvalue weighted by Crippen LogP contribution is 1.87. The summed E-state index contributed by atoms with van der Waals surface area (Å²) >= 11 is 0. The Bertz CT molecular complexity index is 85.1. The third kappa shape index (κ3) is 10.4. The van der Waals surface area contributed by atoms with Crippen LogP contribution in [0.15, 0.2) is 0 Å². The highest BCUT2D eigenvalue weighted by atomic mass is 28.2. The Morgan fingerprint density at radius 2 is 1.17 bits per heavy atom. The second kappa shape index (κ2) is 7.98. The molecule has 0 aliphatic heterocycles. The maximum Gasteiger partial charge on any atom is 0.0916 e. The van der Waals surface area contributed by atoms with Crippen LogP contribution in [0.1, 0.15) is 27.7 Å². The highest BCUT2D eigenvalue weighted by Gasteiger charge is 1.94. The van der Waals surface area contributed by atoms with Crippen molar-refractivity contribution in [2.75, 3.05) is 0 Å². The van der Waals surface area contributed by atoms with E-state index in [9.17, 15) is 0 Å². The van der Waals surface area contributed by atoms with Gasteiger partial charge in [-0.25, -0.2) is 0 Å². The van der Waals surface area contributed by atoms with Crippen molar-refractivity contribution in [1.29, 1.82) is 0 Å². The maximum atomic E-state index is 3.57. The molecule has 12 heavy (non-hydrogen) atoms. The number of hydrogen-bond donors (Lipinski definition) is 2. The summed E-state index contributed by atoms with van der Waals surface area (Å²) in [6.45, 7) is 8.93. The summed E-state index contributed by atoms with van der Waals surface area (Å²) < 4.78 is 0. The van der Waals surface area contributed by atoms with Gasteiger partial charge in [0.2, 0.25) is 0 Å². The predicted octanol–water partition coefficient (Wildman–Crippen LogP) is -0.0134. The molecule has 2 nitrogen and oxygen atoms in total. The van der Waals surface area contributed by atoms with E-state index in [1.807, 2.05) is 0 Å². The zero-order valence-electron chi connectivity index (χ0n) is 8.98.